The topological polar surface area (TPSA) is 122 Å². The van der Waals surface area contributed by atoms with Gasteiger partial charge < -0.3 is 5.43 Å². The summed E-state index contributed by atoms with van der Waals surface area (Å²) in [5.41, 5.74) is 5.14. The Bertz CT molecular complexity index is 292. The maximum absolute atomic E-state index is 11.1. The van der Waals surface area contributed by atoms with E-state index in [1.807, 2.05) is 5.43 Å². The Labute approximate surface area is 68.4 Å². The van der Waals surface area contributed by atoms with Gasteiger partial charge in [-0.1, -0.05) is 0 Å². The van der Waals surface area contributed by atoms with Gasteiger partial charge in [-0.2, -0.15) is 5.10 Å². The van der Waals surface area contributed by atoms with E-state index in [1.165, 1.54) is 0 Å². The number of nitrogens with zero attached hydrogens (tertiary/aromatic N) is 1. The van der Waals surface area contributed by atoms with Crippen molar-refractivity contribution in [2.24, 2.45) is 11.7 Å². The van der Waals surface area contributed by atoms with Gasteiger partial charge in [0.25, 0.3) is 5.91 Å². The number of aryl methyl sites for hydroxylation is 1. The molecule has 1 heterocycles. The van der Waals surface area contributed by atoms with Crippen LogP contribution in [0.25, 0.3) is 0 Å². The number of aromatic nitrogens is 2. The molecule has 0 fully saturated rings. The molecule has 7 heteroatoms. The molecular formula is C5H10N6O. The molecule has 7 N–H and O–H groups in total. The molecule has 0 atom stereocenters. The number of aromatic amines is 1. The number of carbonyl (C=O) groups excluding carboxylic acids is 1. The van der Waals surface area contributed by atoms with Crippen molar-refractivity contribution in [3.63, 3.8) is 0 Å². The zero-order valence-electron chi connectivity index (χ0n) is 6.51. The fourth-order valence-corrected chi connectivity index (χ4v) is 0.887. The lowest BCUT2D eigenvalue weighted by atomic mass is 10.2. The van der Waals surface area contributed by atoms with Crippen molar-refractivity contribution in [2.75, 3.05) is 5.43 Å². The number of anilines is 1. The molecule has 0 saturated heterocycles. The summed E-state index contributed by atoms with van der Waals surface area (Å²) in [7, 11) is 0. The number of H-pyrrole nitrogens is 1. The van der Waals surface area contributed by atoms with Crippen LogP contribution < -0.4 is 22.5 Å². The second-order valence-corrected chi connectivity index (χ2v) is 2.18. The van der Waals surface area contributed by atoms with Crippen LogP contribution in [0.4, 0.5) is 5.82 Å². The van der Waals surface area contributed by atoms with Gasteiger partial charge >= 0.3 is 0 Å². The van der Waals surface area contributed by atoms with Crippen molar-refractivity contribution in [3.8, 4) is 0 Å². The van der Waals surface area contributed by atoms with Gasteiger partial charge in [0.15, 0.2) is 0 Å². The van der Waals surface area contributed by atoms with Crippen LogP contribution in [0.15, 0.2) is 0 Å². The number of hydrazine groups is 2. The van der Waals surface area contributed by atoms with Crippen LogP contribution in [0, 0.1) is 6.92 Å². The minimum Gasteiger partial charge on any atom is -0.308 e. The zero-order valence-corrected chi connectivity index (χ0v) is 6.51. The molecular weight excluding hydrogens is 160 g/mol. The van der Waals surface area contributed by atoms with Crippen molar-refractivity contribution < 1.29 is 4.79 Å². The van der Waals surface area contributed by atoms with E-state index in [0.29, 0.717) is 17.1 Å². The summed E-state index contributed by atoms with van der Waals surface area (Å²) in [5, 5.41) is 6.31. The van der Waals surface area contributed by atoms with E-state index in [1.54, 1.807) is 6.92 Å². The van der Waals surface area contributed by atoms with Crippen LogP contribution >= 0.6 is 0 Å². The van der Waals surface area contributed by atoms with Crippen LogP contribution in [0.1, 0.15) is 16.1 Å². The first-order valence-corrected chi connectivity index (χ1v) is 3.23. The standard InChI is InChI=1S/C5H10N6O/c1-2-3(5(12)9-7)4(8-6)11-10-2/h6-7H2,1H3,(H,9,12)(H2,8,10,11). The number of rotatable bonds is 2. The molecule has 12 heavy (non-hydrogen) atoms. The molecule has 0 saturated carbocycles. The maximum Gasteiger partial charge on any atom is 0.270 e. The highest BCUT2D eigenvalue weighted by atomic mass is 16.2. The number of carbonyl (C=O) groups is 1. The fourth-order valence-electron chi connectivity index (χ4n) is 0.887. The predicted molar refractivity (Wildman–Crippen MR) is 42.8 cm³/mol. The lowest BCUT2D eigenvalue weighted by molar-refractivity contribution is 0.0954. The van der Waals surface area contributed by atoms with E-state index in [-0.39, 0.29) is 0 Å². The van der Waals surface area contributed by atoms with Crippen LogP contribution in [0.3, 0.4) is 0 Å². The lowest BCUT2D eigenvalue weighted by Crippen LogP contribution is -2.31. The Morgan fingerprint density at radius 2 is 2.25 bits per heavy atom. The highest BCUT2D eigenvalue weighted by Gasteiger charge is 2.15. The molecule has 66 valence electrons. The van der Waals surface area contributed by atoms with E-state index < -0.39 is 5.91 Å². The molecule has 0 spiro atoms. The van der Waals surface area contributed by atoms with E-state index >= 15 is 0 Å². The fraction of sp³-hybridized carbons (Fsp3) is 0.200. The summed E-state index contributed by atoms with van der Waals surface area (Å²) >= 11 is 0. The minimum atomic E-state index is -0.436. The van der Waals surface area contributed by atoms with Gasteiger partial charge in [0.1, 0.15) is 11.4 Å². The van der Waals surface area contributed by atoms with Gasteiger partial charge in [-0.15, -0.1) is 0 Å². The monoisotopic (exact) mass is 170 g/mol. The Morgan fingerprint density at radius 1 is 1.58 bits per heavy atom. The SMILES string of the molecule is Cc1n[nH]c(NN)c1C(=O)NN. The summed E-state index contributed by atoms with van der Waals surface area (Å²) < 4.78 is 0. The average Bonchev–Trinajstić information content (AvgIpc) is 2.45. The van der Waals surface area contributed by atoms with Crippen LogP contribution in [0.2, 0.25) is 0 Å². The van der Waals surface area contributed by atoms with Crippen LogP contribution in [-0.2, 0) is 0 Å². The average molecular weight is 170 g/mol. The second-order valence-electron chi connectivity index (χ2n) is 2.18. The zero-order chi connectivity index (χ0) is 9.14. The van der Waals surface area contributed by atoms with Crippen molar-refractivity contribution >= 4 is 11.7 Å². The summed E-state index contributed by atoms with van der Waals surface area (Å²) in [5.74, 6) is 9.97. The van der Waals surface area contributed by atoms with Gasteiger partial charge in [-0.25, -0.2) is 11.7 Å². The molecule has 0 bridgehead atoms. The quantitative estimate of drug-likeness (QED) is 0.212. The maximum atomic E-state index is 11.1. The minimum absolute atomic E-state index is 0.319. The third kappa shape index (κ3) is 1.22. The third-order valence-electron chi connectivity index (χ3n) is 1.45. The molecule has 0 aliphatic rings. The number of amides is 1. The number of hydrogen-bond acceptors (Lipinski definition) is 5. The number of nitrogens with one attached hydrogen (secondary N) is 3. The highest BCUT2D eigenvalue weighted by Crippen LogP contribution is 2.13. The van der Waals surface area contributed by atoms with Gasteiger partial charge in [0.2, 0.25) is 0 Å². The second kappa shape index (κ2) is 3.20. The van der Waals surface area contributed by atoms with E-state index in [2.05, 4.69) is 15.6 Å². The molecule has 0 radical (unpaired) electrons. The van der Waals surface area contributed by atoms with Crippen LogP contribution in [-0.4, -0.2) is 16.1 Å². The summed E-state index contributed by atoms with van der Waals surface area (Å²) in [4.78, 5) is 11.1. The summed E-state index contributed by atoms with van der Waals surface area (Å²) in [6.45, 7) is 1.67. The predicted octanol–water partition coefficient (Wildman–Crippen LogP) is -1.39. The molecule has 1 amide bonds. The Balaban J connectivity index is 3.10. The number of nitrogens with two attached hydrogens (primary N) is 2. The Hall–Kier alpha value is -1.60. The summed E-state index contributed by atoms with van der Waals surface area (Å²) in [6, 6.07) is 0. The van der Waals surface area contributed by atoms with Crippen molar-refractivity contribution in [1.29, 1.82) is 0 Å². The van der Waals surface area contributed by atoms with E-state index in [9.17, 15) is 4.79 Å². The smallest absolute Gasteiger partial charge is 0.270 e. The number of hydrogen-bond donors (Lipinski definition) is 5. The highest BCUT2D eigenvalue weighted by molar-refractivity contribution is 5.99. The van der Waals surface area contributed by atoms with Gasteiger partial charge in [-0.3, -0.25) is 15.3 Å². The van der Waals surface area contributed by atoms with E-state index in [0.717, 1.165) is 0 Å². The Kier molecular flexibility index (Phi) is 2.26. The van der Waals surface area contributed by atoms with Gasteiger partial charge in [0.05, 0.1) is 5.69 Å². The van der Waals surface area contributed by atoms with Crippen LogP contribution in [0.5, 0.6) is 0 Å². The first-order chi connectivity index (χ1) is 5.70. The molecule has 1 aromatic rings. The normalized spacial score (nSPS) is 9.58. The van der Waals surface area contributed by atoms with Gasteiger partial charge in [0, 0.05) is 0 Å². The molecule has 7 nitrogen and oxygen atoms in total. The van der Waals surface area contributed by atoms with Crippen molar-refractivity contribution in [1.82, 2.24) is 15.6 Å². The number of nitrogen functional groups attached to an aromatic ring is 2. The lowest BCUT2D eigenvalue weighted by Gasteiger charge is -2.00. The first kappa shape index (κ1) is 8.50. The molecule has 0 unspecified atom stereocenters. The molecule has 1 rings (SSSR count). The molecule has 0 aromatic carbocycles. The summed E-state index contributed by atoms with van der Waals surface area (Å²) in [6.07, 6.45) is 0. The van der Waals surface area contributed by atoms with Crippen molar-refractivity contribution in [3.05, 3.63) is 11.3 Å². The largest absolute Gasteiger partial charge is 0.308 e. The molecule has 1 aromatic heterocycles. The Morgan fingerprint density at radius 3 is 2.75 bits per heavy atom. The molecule has 0 aliphatic carbocycles. The van der Waals surface area contributed by atoms with Crippen molar-refractivity contribution in [2.45, 2.75) is 6.92 Å². The van der Waals surface area contributed by atoms with E-state index in [4.69, 9.17) is 11.7 Å². The molecule has 0 aliphatic heterocycles. The third-order valence-corrected chi connectivity index (χ3v) is 1.45. The first-order valence-electron chi connectivity index (χ1n) is 3.23. The van der Waals surface area contributed by atoms with Gasteiger partial charge in [-0.05, 0) is 6.92 Å².